The summed E-state index contributed by atoms with van der Waals surface area (Å²) >= 11 is 3.51. The highest BCUT2D eigenvalue weighted by Crippen LogP contribution is 2.47. The number of piperidine rings is 2. The van der Waals surface area contributed by atoms with Crippen molar-refractivity contribution >= 4 is 31.6 Å². The smallest absolute Gasteiger partial charge is 0.242 e. The number of hydrogen-bond donors (Lipinski definition) is 2. The van der Waals surface area contributed by atoms with Gasteiger partial charge in [-0.3, -0.25) is 0 Å². The molecule has 0 unspecified atom stereocenters. The van der Waals surface area contributed by atoms with Crippen LogP contribution in [0.4, 0.5) is 5.69 Å². The fourth-order valence-electron chi connectivity index (χ4n) is 5.21. The van der Waals surface area contributed by atoms with Gasteiger partial charge >= 0.3 is 0 Å². The minimum absolute atomic E-state index is 0.127. The van der Waals surface area contributed by atoms with E-state index in [2.05, 4.69) is 25.6 Å². The molecule has 1 aliphatic carbocycles. The van der Waals surface area contributed by atoms with Gasteiger partial charge in [0.25, 0.3) is 0 Å². The lowest BCUT2D eigenvalue weighted by atomic mass is 9.68. The summed E-state index contributed by atoms with van der Waals surface area (Å²) in [6.45, 7) is 1.75. The number of nitrogens with one attached hydrogen (secondary N) is 1. The van der Waals surface area contributed by atoms with Gasteiger partial charge in [0.2, 0.25) is 10.0 Å². The highest BCUT2D eigenvalue weighted by atomic mass is 79.9. The van der Waals surface area contributed by atoms with Crippen molar-refractivity contribution in [2.45, 2.75) is 49.6 Å². The van der Waals surface area contributed by atoms with Gasteiger partial charge in [-0.2, -0.15) is 0 Å². The predicted molar refractivity (Wildman–Crippen MR) is 123 cm³/mol. The Kier molecular flexibility index (Phi) is 5.53. The number of sulfonamides is 1. The maximum atomic E-state index is 13.3. The third kappa shape index (κ3) is 3.99. The third-order valence-corrected chi connectivity index (χ3v) is 8.98. The van der Waals surface area contributed by atoms with Gasteiger partial charge in [0.15, 0.2) is 0 Å². The Morgan fingerprint density at radius 1 is 1.19 bits per heavy atom. The van der Waals surface area contributed by atoms with Crippen molar-refractivity contribution in [3.63, 3.8) is 0 Å². The van der Waals surface area contributed by atoms with E-state index in [0.717, 1.165) is 53.5 Å². The predicted octanol–water partition coefficient (Wildman–Crippen LogP) is 3.60. The first-order valence-electron chi connectivity index (χ1n) is 10.8. The van der Waals surface area contributed by atoms with Gasteiger partial charge in [-0.1, -0.05) is 28.1 Å². The molecule has 0 amide bonds. The molecule has 2 aromatic carbocycles. The molecule has 166 valence electrons. The van der Waals surface area contributed by atoms with Crippen LogP contribution in [-0.4, -0.2) is 39.3 Å². The van der Waals surface area contributed by atoms with Crippen molar-refractivity contribution < 1.29 is 18.3 Å². The summed E-state index contributed by atoms with van der Waals surface area (Å²) in [5.41, 5.74) is 2.63. The van der Waals surface area contributed by atoms with E-state index in [4.69, 9.17) is 4.74 Å². The Morgan fingerprint density at radius 2 is 2.00 bits per heavy atom. The number of hydrogen-bond acceptors (Lipinski definition) is 5. The lowest BCUT2D eigenvalue weighted by Gasteiger charge is -2.53. The average Bonchev–Trinajstić information content (AvgIpc) is 3.26. The number of halogens is 1. The third-order valence-electron chi connectivity index (χ3n) is 7.04. The standard InChI is InChI=1S/C23H27BrN2O4S/c24-18-2-4-22(20(12-18)26-14-23(15-27)8-5-19(26)6-9-23)31(28,29)25-13-16-1-3-21-17(11-16)7-10-30-21/h1-4,11-12,19,25,27H,5-10,13-15H2. The minimum Gasteiger partial charge on any atom is -0.493 e. The van der Waals surface area contributed by atoms with Gasteiger partial charge in [0.05, 0.1) is 18.9 Å². The van der Waals surface area contributed by atoms with E-state index in [9.17, 15) is 13.5 Å². The highest BCUT2D eigenvalue weighted by Gasteiger charge is 2.45. The van der Waals surface area contributed by atoms with Gasteiger partial charge in [0, 0.05) is 35.4 Å². The normalized spacial score (nSPS) is 24.8. The zero-order valence-corrected chi connectivity index (χ0v) is 19.7. The number of anilines is 1. The molecule has 2 aromatic rings. The number of ether oxygens (including phenoxy) is 1. The Morgan fingerprint density at radius 3 is 2.77 bits per heavy atom. The first kappa shape index (κ1) is 21.2. The van der Waals surface area contributed by atoms with Crippen molar-refractivity contribution in [1.82, 2.24) is 4.72 Å². The molecule has 1 saturated carbocycles. The van der Waals surface area contributed by atoms with Crippen LogP contribution in [0.15, 0.2) is 45.8 Å². The van der Waals surface area contributed by atoms with Crippen LogP contribution < -0.4 is 14.4 Å². The second-order valence-corrected chi connectivity index (χ2v) is 11.6. The summed E-state index contributed by atoms with van der Waals surface area (Å²) in [6, 6.07) is 11.5. The van der Waals surface area contributed by atoms with E-state index in [1.165, 1.54) is 0 Å². The average molecular weight is 507 g/mol. The lowest BCUT2D eigenvalue weighted by molar-refractivity contribution is 0.0497. The Hall–Kier alpha value is -1.61. The Balaban J connectivity index is 1.42. The number of benzene rings is 2. The fraction of sp³-hybridized carbons (Fsp3) is 0.478. The lowest BCUT2D eigenvalue weighted by Crippen LogP contribution is -2.56. The van der Waals surface area contributed by atoms with Crippen molar-refractivity contribution in [2.24, 2.45) is 5.41 Å². The molecular weight excluding hydrogens is 480 g/mol. The summed E-state index contributed by atoms with van der Waals surface area (Å²) in [5, 5.41) is 10.0. The number of aliphatic hydroxyl groups is 1. The molecular formula is C23H27BrN2O4S. The van der Waals surface area contributed by atoms with Crippen LogP contribution in [0.5, 0.6) is 5.75 Å². The molecule has 0 radical (unpaired) electrons. The molecule has 2 N–H and O–H groups in total. The van der Waals surface area contributed by atoms with Crippen molar-refractivity contribution in [1.29, 1.82) is 0 Å². The van der Waals surface area contributed by atoms with Gasteiger partial charge in [-0.05, 0) is 61.1 Å². The van der Waals surface area contributed by atoms with Crippen molar-refractivity contribution in [3.8, 4) is 5.75 Å². The maximum Gasteiger partial charge on any atom is 0.242 e. The summed E-state index contributed by atoms with van der Waals surface area (Å²) in [4.78, 5) is 2.50. The monoisotopic (exact) mass is 506 g/mol. The first-order valence-corrected chi connectivity index (χ1v) is 13.1. The second kappa shape index (κ2) is 8.06. The van der Waals surface area contributed by atoms with Gasteiger partial charge in [-0.25, -0.2) is 13.1 Å². The topological polar surface area (TPSA) is 78.9 Å². The van der Waals surface area contributed by atoms with E-state index >= 15 is 0 Å². The molecule has 8 heteroatoms. The zero-order chi connectivity index (χ0) is 21.6. The van der Waals surface area contributed by atoms with E-state index in [1.54, 1.807) is 12.1 Å². The minimum atomic E-state index is -3.72. The van der Waals surface area contributed by atoms with E-state index < -0.39 is 10.0 Å². The first-order chi connectivity index (χ1) is 14.9. The van der Waals surface area contributed by atoms with Crippen LogP contribution in [0, 0.1) is 5.41 Å². The van der Waals surface area contributed by atoms with Crippen LogP contribution in [0.1, 0.15) is 36.8 Å². The number of rotatable bonds is 6. The molecule has 2 saturated heterocycles. The molecule has 0 aromatic heterocycles. The van der Waals surface area contributed by atoms with Gasteiger partial charge < -0.3 is 14.7 Å². The molecule has 0 spiro atoms. The van der Waals surface area contributed by atoms with E-state index in [1.807, 2.05) is 24.3 Å². The van der Waals surface area contributed by atoms with E-state index in [0.29, 0.717) is 29.8 Å². The molecule has 3 fully saturated rings. The van der Waals surface area contributed by atoms with Crippen LogP contribution in [0.3, 0.4) is 0 Å². The Bertz CT molecular complexity index is 1100. The van der Waals surface area contributed by atoms with Crippen molar-refractivity contribution in [2.75, 3.05) is 24.7 Å². The summed E-state index contributed by atoms with van der Waals surface area (Å²) in [7, 11) is -3.72. The highest BCUT2D eigenvalue weighted by molar-refractivity contribution is 9.10. The van der Waals surface area contributed by atoms with Crippen LogP contribution >= 0.6 is 15.9 Å². The van der Waals surface area contributed by atoms with E-state index in [-0.39, 0.29) is 18.6 Å². The molecule has 3 heterocycles. The zero-order valence-electron chi connectivity index (χ0n) is 17.3. The molecule has 3 aliphatic heterocycles. The molecule has 6 rings (SSSR count). The molecule has 31 heavy (non-hydrogen) atoms. The SMILES string of the molecule is O=S(=O)(NCc1ccc2c(c1)CCO2)c1ccc(Br)cc1N1CC2(CO)CCC1CC2. The number of aliphatic hydroxyl groups excluding tert-OH is 1. The molecule has 0 atom stereocenters. The fourth-order valence-corrected chi connectivity index (χ4v) is 6.77. The second-order valence-electron chi connectivity index (χ2n) is 8.99. The number of fused-ring (bicyclic) bond motifs is 4. The largest absolute Gasteiger partial charge is 0.493 e. The number of nitrogens with zero attached hydrogens (tertiary/aromatic N) is 1. The molecule has 2 bridgehead atoms. The summed E-state index contributed by atoms with van der Waals surface area (Å²) in [5.74, 6) is 0.889. The van der Waals surface area contributed by atoms with Crippen LogP contribution in [-0.2, 0) is 23.0 Å². The van der Waals surface area contributed by atoms with Crippen molar-refractivity contribution in [3.05, 3.63) is 52.0 Å². The van der Waals surface area contributed by atoms with Crippen LogP contribution in [0.25, 0.3) is 0 Å². The Labute approximate surface area is 191 Å². The summed E-state index contributed by atoms with van der Waals surface area (Å²) in [6.07, 6.45) is 4.83. The summed E-state index contributed by atoms with van der Waals surface area (Å²) < 4.78 is 35.9. The van der Waals surface area contributed by atoms with Gasteiger partial charge in [0.1, 0.15) is 10.6 Å². The van der Waals surface area contributed by atoms with Gasteiger partial charge in [-0.15, -0.1) is 0 Å². The quantitative estimate of drug-likeness (QED) is 0.625. The molecule has 4 aliphatic rings. The maximum absolute atomic E-state index is 13.3. The van der Waals surface area contributed by atoms with Crippen LogP contribution in [0.2, 0.25) is 0 Å². The molecule has 6 nitrogen and oxygen atoms in total.